The van der Waals surface area contributed by atoms with Crippen LogP contribution in [0.4, 0.5) is 0 Å². The largest absolute Gasteiger partial charge is 0.351 e. The fraction of sp³-hybridized carbons (Fsp3) is 0.643. The Hall–Kier alpha value is -0.960. The molecule has 1 aromatic heterocycles. The van der Waals surface area contributed by atoms with Gasteiger partial charge in [-0.1, -0.05) is 0 Å². The molecule has 8 heteroatoms. The highest BCUT2D eigenvalue weighted by Gasteiger charge is 2.40. The van der Waals surface area contributed by atoms with Crippen molar-refractivity contribution in [3.05, 3.63) is 22.4 Å². The van der Waals surface area contributed by atoms with Gasteiger partial charge in [-0.3, -0.25) is 9.69 Å². The van der Waals surface area contributed by atoms with Crippen molar-refractivity contribution in [3.63, 3.8) is 0 Å². The first-order valence-electron chi connectivity index (χ1n) is 7.59. The summed E-state index contributed by atoms with van der Waals surface area (Å²) in [6.07, 6.45) is 1.63. The molecule has 1 saturated carbocycles. The Morgan fingerprint density at radius 2 is 2.00 bits per heavy atom. The zero-order valence-corrected chi connectivity index (χ0v) is 14.0. The van der Waals surface area contributed by atoms with Gasteiger partial charge in [-0.2, -0.15) is 15.6 Å². The van der Waals surface area contributed by atoms with E-state index in [1.807, 2.05) is 16.8 Å². The van der Waals surface area contributed by atoms with Crippen LogP contribution < -0.4 is 5.32 Å². The molecule has 0 bridgehead atoms. The number of nitrogens with zero attached hydrogens (tertiary/aromatic N) is 2. The molecule has 0 spiro atoms. The summed E-state index contributed by atoms with van der Waals surface area (Å²) in [7, 11) is -3.04. The van der Waals surface area contributed by atoms with Crippen LogP contribution in [-0.2, 0) is 10.0 Å². The Bertz CT molecular complexity index is 603. The summed E-state index contributed by atoms with van der Waals surface area (Å²) < 4.78 is 25.9. The Balaban J connectivity index is 1.38. The maximum Gasteiger partial charge on any atom is 0.252 e. The molecule has 0 atom stereocenters. The van der Waals surface area contributed by atoms with Crippen molar-refractivity contribution in [2.24, 2.45) is 0 Å². The van der Waals surface area contributed by atoms with Gasteiger partial charge in [0.2, 0.25) is 10.0 Å². The van der Waals surface area contributed by atoms with E-state index in [4.69, 9.17) is 0 Å². The van der Waals surface area contributed by atoms with Gasteiger partial charge >= 0.3 is 0 Å². The van der Waals surface area contributed by atoms with Gasteiger partial charge in [0.25, 0.3) is 5.91 Å². The first-order chi connectivity index (χ1) is 10.6. The van der Waals surface area contributed by atoms with Crippen molar-refractivity contribution in [3.8, 4) is 0 Å². The van der Waals surface area contributed by atoms with Gasteiger partial charge < -0.3 is 5.32 Å². The minimum Gasteiger partial charge on any atom is -0.351 e. The number of amides is 1. The molecule has 2 aliphatic rings. The van der Waals surface area contributed by atoms with Gasteiger partial charge in [0.1, 0.15) is 0 Å². The lowest BCUT2D eigenvalue weighted by molar-refractivity contribution is 0.0945. The predicted molar refractivity (Wildman–Crippen MR) is 86.6 cm³/mol. The number of nitrogens with one attached hydrogen (secondary N) is 1. The summed E-state index contributed by atoms with van der Waals surface area (Å²) in [5, 5.41) is 6.49. The van der Waals surface area contributed by atoms with E-state index in [0.717, 1.165) is 32.5 Å². The van der Waals surface area contributed by atoms with Crippen LogP contribution in [0.5, 0.6) is 0 Å². The first kappa shape index (κ1) is 15.9. The first-order valence-corrected chi connectivity index (χ1v) is 10.0. The number of hydrogen-bond acceptors (Lipinski definition) is 5. The minimum atomic E-state index is -3.04. The molecule has 0 aromatic carbocycles. The molecule has 1 aliphatic carbocycles. The number of rotatable bonds is 6. The zero-order chi connectivity index (χ0) is 15.6. The van der Waals surface area contributed by atoms with Gasteiger partial charge in [-0.05, 0) is 24.3 Å². The molecule has 1 amide bonds. The normalized spacial score (nSPS) is 20.9. The Morgan fingerprint density at radius 3 is 2.59 bits per heavy atom. The van der Waals surface area contributed by atoms with E-state index in [1.165, 1.54) is 11.3 Å². The van der Waals surface area contributed by atoms with Crippen molar-refractivity contribution in [1.82, 2.24) is 14.5 Å². The number of sulfonamides is 1. The summed E-state index contributed by atoms with van der Waals surface area (Å²) in [6, 6.07) is 1.81. The lowest BCUT2D eigenvalue weighted by Crippen LogP contribution is -2.50. The average Bonchev–Trinajstić information content (AvgIpc) is 3.24. The Kier molecular flexibility index (Phi) is 4.82. The molecule has 1 saturated heterocycles. The highest BCUT2D eigenvalue weighted by Crippen LogP contribution is 2.31. The predicted octanol–water partition coefficient (Wildman–Crippen LogP) is 0.588. The zero-order valence-electron chi connectivity index (χ0n) is 12.4. The van der Waals surface area contributed by atoms with Crippen LogP contribution in [0.2, 0.25) is 0 Å². The van der Waals surface area contributed by atoms with Gasteiger partial charge in [-0.15, -0.1) is 0 Å². The third-order valence-electron chi connectivity index (χ3n) is 4.13. The second-order valence-electron chi connectivity index (χ2n) is 5.75. The number of carbonyl (C=O) groups excluding carboxylic acids is 1. The Morgan fingerprint density at radius 1 is 1.27 bits per heavy atom. The lowest BCUT2D eigenvalue weighted by Gasteiger charge is -2.34. The quantitative estimate of drug-likeness (QED) is 0.821. The van der Waals surface area contributed by atoms with E-state index in [9.17, 15) is 13.2 Å². The number of hydrogen-bond donors (Lipinski definition) is 1. The van der Waals surface area contributed by atoms with Crippen LogP contribution in [0.1, 0.15) is 23.2 Å². The summed E-state index contributed by atoms with van der Waals surface area (Å²) in [5.74, 6) is -0.0452. The van der Waals surface area contributed by atoms with E-state index in [-0.39, 0.29) is 11.2 Å². The highest BCUT2D eigenvalue weighted by molar-refractivity contribution is 7.90. The van der Waals surface area contributed by atoms with Crippen molar-refractivity contribution in [2.45, 2.75) is 18.1 Å². The van der Waals surface area contributed by atoms with Crippen LogP contribution in [0.25, 0.3) is 0 Å². The second kappa shape index (κ2) is 6.66. The van der Waals surface area contributed by atoms with Crippen molar-refractivity contribution in [2.75, 3.05) is 39.3 Å². The summed E-state index contributed by atoms with van der Waals surface area (Å²) in [6.45, 7) is 3.95. The molecule has 2 heterocycles. The molecular weight excluding hydrogens is 322 g/mol. The second-order valence-corrected chi connectivity index (χ2v) is 8.75. The van der Waals surface area contributed by atoms with E-state index >= 15 is 0 Å². The van der Waals surface area contributed by atoms with Crippen molar-refractivity contribution < 1.29 is 13.2 Å². The van der Waals surface area contributed by atoms with E-state index in [0.29, 0.717) is 25.2 Å². The summed E-state index contributed by atoms with van der Waals surface area (Å²) in [4.78, 5) is 14.0. The average molecular weight is 343 g/mol. The van der Waals surface area contributed by atoms with Crippen LogP contribution in [-0.4, -0.2) is 68.0 Å². The van der Waals surface area contributed by atoms with E-state index in [2.05, 4.69) is 10.2 Å². The van der Waals surface area contributed by atoms with Crippen LogP contribution in [0, 0.1) is 0 Å². The number of carbonyl (C=O) groups is 1. The van der Waals surface area contributed by atoms with Gasteiger partial charge in [0.15, 0.2) is 0 Å². The number of thiophene rings is 1. The maximum atomic E-state index is 12.1. The molecule has 2 fully saturated rings. The molecule has 1 aromatic rings. The third-order valence-corrected chi connectivity index (χ3v) is 7.22. The molecule has 122 valence electrons. The van der Waals surface area contributed by atoms with Gasteiger partial charge in [0.05, 0.1) is 5.25 Å². The standard InChI is InChI=1S/C14H21N3O3S2/c18-14(12-3-10-21-11-12)15-4-5-16-6-8-17(9-7-16)22(19,20)13-1-2-13/h3,10-11,13H,1-2,4-9H2,(H,15,18). The minimum absolute atomic E-state index is 0.0452. The summed E-state index contributed by atoms with van der Waals surface area (Å²) >= 11 is 1.51. The number of piperazine rings is 1. The molecule has 6 nitrogen and oxygen atoms in total. The monoisotopic (exact) mass is 343 g/mol. The third kappa shape index (κ3) is 3.68. The van der Waals surface area contributed by atoms with Crippen LogP contribution in [0.3, 0.4) is 0 Å². The maximum absolute atomic E-state index is 12.1. The molecule has 1 aliphatic heterocycles. The van der Waals surface area contributed by atoms with Crippen molar-refractivity contribution in [1.29, 1.82) is 0 Å². The Labute approximate surface area is 135 Å². The topological polar surface area (TPSA) is 69.7 Å². The molecule has 22 heavy (non-hydrogen) atoms. The lowest BCUT2D eigenvalue weighted by atomic mass is 10.3. The molecule has 0 unspecified atom stereocenters. The van der Waals surface area contributed by atoms with Crippen molar-refractivity contribution >= 4 is 27.3 Å². The molecule has 3 rings (SSSR count). The highest BCUT2D eigenvalue weighted by atomic mass is 32.2. The molecule has 0 radical (unpaired) electrons. The van der Waals surface area contributed by atoms with Gasteiger partial charge in [0, 0.05) is 50.2 Å². The van der Waals surface area contributed by atoms with Crippen LogP contribution in [0.15, 0.2) is 16.8 Å². The van der Waals surface area contributed by atoms with Crippen LogP contribution >= 0.6 is 11.3 Å². The van der Waals surface area contributed by atoms with Gasteiger partial charge in [-0.25, -0.2) is 8.42 Å². The van der Waals surface area contributed by atoms with E-state index < -0.39 is 10.0 Å². The molecule has 1 N–H and O–H groups in total. The summed E-state index contributed by atoms with van der Waals surface area (Å²) in [5.41, 5.74) is 0.699. The fourth-order valence-electron chi connectivity index (χ4n) is 2.61. The van der Waals surface area contributed by atoms with E-state index in [1.54, 1.807) is 4.31 Å². The SMILES string of the molecule is O=C(NCCN1CCN(S(=O)(=O)C2CC2)CC1)c1ccsc1. The molecular formula is C14H21N3O3S2. The smallest absolute Gasteiger partial charge is 0.252 e. The fourth-order valence-corrected chi connectivity index (χ4v) is 5.07.